The molecular formula is C21H21N3O2. The minimum absolute atomic E-state index is 0.206. The van der Waals surface area contributed by atoms with Crippen molar-refractivity contribution in [3.63, 3.8) is 0 Å². The molecule has 0 saturated carbocycles. The Morgan fingerprint density at radius 2 is 1.81 bits per heavy atom. The van der Waals surface area contributed by atoms with E-state index in [0.29, 0.717) is 36.0 Å². The average molecular weight is 347 g/mol. The summed E-state index contributed by atoms with van der Waals surface area (Å²) in [5, 5.41) is 6.13. The maximum Gasteiger partial charge on any atom is 0.255 e. The number of nitrogens with one attached hydrogen (secondary N) is 2. The number of pyridine rings is 1. The number of carbonyl (C=O) groups excluding carboxylic acids is 1. The molecule has 0 aliphatic carbocycles. The largest absolute Gasteiger partial charge is 0.492 e. The number of hydrogen-bond acceptors (Lipinski definition) is 4. The molecule has 0 unspecified atom stereocenters. The molecule has 0 bridgehead atoms. The SMILES string of the molecule is CCOc1ccccc1NC(=O)c1ccnc(NCc2ccccc2)c1. The van der Waals surface area contributed by atoms with Crippen LogP contribution in [0.15, 0.2) is 72.9 Å². The molecule has 1 aromatic heterocycles. The Balaban J connectivity index is 1.68. The zero-order valence-electron chi connectivity index (χ0n) is 14.6. The van der Waals surface area contributed by atoms with Gasteiger partial charge < -0.3 is 15.4 Å². The van der Waals surface area contributed by atoms with Gasteiger partial charge in [-0.1, -0.05) is 42.5 Å². The molecule has 0 aliphatic heterocycles. The molecule has 3 rings (SSSR count). The molecule has 2 aromatic carbocycles. The van der Waals surface area contributed by atoms with Crippen molar-refractivity contribution >= 4 is 17.4 Å². The van der Waals surface area contributed by atoms with Crippen LogP contribution >= 0.6 is 0 Å². The number of anilines is 2. The molecule has 2 N–H and O–H groups in total. The number of carbonyl (C=O) groups is 1. The highest BCUT2D eigenvalue weighted by molar-refractivity contribution is 6.05. The van der Waals surface area contributed by atoms with Gasteiger partial charge in [0.15, 0.2) is 0 Å². The second-order valence-electron chi connectivity index (χ2n) is 5.65. The van der Waals surface area contributed by atoms with Gasteiger partial charge in [-0.25, -0.2) is 4.98 Å². The number of nitrogens with zero attached hydrogens (tertiary/aromatic N) is 1. The lowest BCUT2D eigenvalue weighted by Gasteiger charge is -2.12. The van der Waals surface area contributed by atoms with Gasteiger partial charge in [-0.05, 0) is 36.8 Å². The Kier molecular flexibility index (Phi) is 5.83. The van der Waals surface area contributed by atoms with Crippen molar-refractivity contribution in [1.82, 2.24) is 4.98 Å². The Labute approximate surface area is 153 Å². The Bertz CT molecular complexity index is 866. The van der Waals surface area contributed by atoms with Gasteiger partial charge in [0.1, 0.15) is 11.6 Å². The fourth-order valence-electron chi connectivity index (χ4n) is 2.50. The van der Waals surface area contributed by atoms with Gasteiger partial charge in [0.05, 0.1) is 12.3 Å². The highest BCUT2D eigenvalue weighted by Crippen LogP contribution is 2.24. The summed E-state index contributed by atoms with van der Waals surface area (Å²) in [6.45, 7) is 3.09. The third-order valence-corrected chi connectivity index (χ3v) is 3.77. The topological polar surface area (TPSA) is 63.2 Å². The predicted molar refractivity (Wildman–Crippen MR) is 104 cm³/mol. The van der Waals surface area contributed by atoms with E-state index in [9.17, 15) is 4.79 Å². The number of amides is 1. The van der Waals surface area contributed by atoms with Crippen molar-refractivity contribution in [3.05, 3.63) is 84.1 Å². The smallest absolute Gasteiger partial charge is 0.255 e. The molecule has 1 heterocycles. The van der Waals surface area contributed by atoms with Crippen LogP contribution in [0.2, 0.25) is 0 Å². The first kappa shape index (κ1) is 17.5. The Morgan fingerprint density at radius 1 is 1.04 bits per heavy atom. The lowest BCUT2D eigenvalue weighted by Crippen LogP contribution is -2.13. The number of benzene rings is 2. The highest BCUT2D eigenvalue weighted by Gasteiger charge is 2.10. The van der Waals surface area contributed by atoms with Crippen LogP contribution in [0.25, 0.3) is 0 Å². The normalized spacial score (nSPS) is 10.2. The quantitative estimate of drug-likeness (QED) is 0.667. The molecule has 5 nitrogen and oxygen atoms in total. The standard InChI is InChI=1S/C21H21N3O2/c1-2-26-19-11-7-6-10-18(19)24-21(25)17-12-13-22-20(14-17)23-15-16-8-4-3-5-9-16/h3-14H,2,15H2,1H3,(H,22,23)(H,24,25). The summed E-state index contributed by atoms with van der Waals surface area (Å²) in [7, 11) is 0. The van der Waals surface area contributed by atoms with E-state index in [4.69, 9.17) is 4.74 Å². The van der Waals surface area contributed by atoms with Crippen LogP contribution in [0.3, 0.4) is 0 Å². The lowest BCUT2D eigenvalue weighted by atomic mass is 10.2. The summed E-state index contributed by atoms with van der Waals surface area (Å²) in [5.74, 6) is 1.10. The van der Waals surface area contributed by atoms with E-state index >= 15 is 0 Å². The Morgan fingerprint density at radius 3 is 2.62 bits per heavy atom. The van der Waals surface area contributed by atoms with Gasteiger partial charge in [0.2, 0.25) is 0 Å². The molecule has 26 heavy (non-hydrogen) atoms. The van der Waals surface area contributed by atoms with E-state index in [-0.39, 0.29) is 5.91 Å². The summed E-state index contributed by atoms with van der Waals surface area (Å²) in [6, 6.07) is 20.8. The summed E-state index contributed by atoms with van der Waals surface area (Å²) in [6.07, 6.45) is 1.62. The third kappa shape index (κ3) is 4.60. The monoisotopic (exact) mass is 347 g/mol. The number of aromatic nitrogens is 1. The predicted octanol–water partition coefficient (Wildman–Crippen LogP) is 4.34. The lowest BCUT2D eigenvalue weighted by molar-refractivity contribution is 0.102. The molecule has 0 aliphatic rings. The zero-order chi connectivity index (χ0) is 18.2. The molecule has 0 saturated heterocycles. The average Bonchev–Trinajstić information content (AvgIpc) is 2.69. The van der Waals surface area contributed by atoms with Gasteiger partial charge in [-0.3, -0.25) is 4.79 Å². The van der Waals surface area contributed by atoms with E-state index in [2.05, 4.69) is 15.6 Å². The molecular weight excluding hydrogens is 326 g/mol. The van der Waals surface area contributed by atoms with Crippen molar-refractivity contribution in [2.75, 3.05) is 17.2 Å². The maximum absolute atomic E-state index is 12.6. The van der Waals surface area contributed by atoms with Crippen LogP contribution in [0.4, 0.5) is 11.5 Å². The molecule has 132 valence electrons. The maximum atomic E-state index is 12.6. The van der Waals surface area contributed by atoms with Gasteiger partial charge in [0, 0.05) is 18.3 Å². The van der Waals surface area contributed by atoms with Crippen LogP contribution in [-0.4, -0.2) is 17.5 Å². The summed E-state index contributed by atoms with van der Waals surface area (Å²) >= 11 is 0. The first-order chi connectivity index (χ1) is 12.8. The molecule has 3 aromatic rings. The van der Waals surface area contributed by atoms with Gasteiger partial charge >= 0.3 is 0 Å². The van der Waals surface area contributed by atoms with Gasteiger partial charge in [0.25, 0.3) is 5.91 Å². The van der Waals surface area contributed by atoms with Gasteiger partial charge in [-0.2, -0.15) is 0 Å². The highest BCUT2D eigenvalue weighted by atomic mass is 16.5. The van der Waals surface area contributed by atoms with Crippen molar-refractivity contribution in [1.29, 1.82) is 0 Å². The van der Waals surface area contributed by atoms with Crippen molar-refractivity contribution < 1.29 is 9.53 Å². The zero-order valence-corrected chi connectivity index (χ0v) is 14.6. The van der Waals surface area contributed by atoms with E-state index in [1.807, 2.05) is 61.5 Å². The molecule has 0 atom stereocenters. The summed E-state index contributed by atoms with van der Waals surface area (Å²) in [4.78, 5) is 16.8. The first-order valence-electron chi connectivity index (χ1n) is 8.53. The Hall–Kier alpha value is -3.34. The van der Waals surface area contributed by atoms with E-state index in [1.165, 1.54) is 0 Å². The minimum Gasteiger partial charge on any atom is -0.492 e. The van der Waals surface area contributed by atoms with Crippen LogP contribution in [0.5, 0.6) is 5.75 Å². The molecule has 0 radical (unpaired) electrons. The molecule has 1 amide bonds. The minimum atomic E-state index is -0.206. The van der Waals surface area contributed by atoms with Gasteiger partial charge in [-0.15, -0.1) is 0 Å². The van der Waals surface area contributed by atoms with Crippen LogP contribution < -0.4 is 15.4 Å². The first-order valence-corrected chi connectivity index (χ1v) is 8.53. The van der Waals surface area contributed by atoms with Crippen molar-refractivity contribution in [2.45, 2.75) is 13.5 Å². The molecule has 0 spiro atoms. The molecule has 0 fully saturated rings. The van der Waals surface area contributed by atoms with E-state index < -0.39 is 0 Å². The van der Waals surface area contributed by atoms with Crippen molar-refractivity contribution in [2.24, 2.45) is 0 Å². The van der Waals surface area contributed by atoms with Crippen LogP contribution in [0, 0.1) is 0 Å². The summed E-state index contributed by atoms with van der Waals surface area (Å²) < 4.78 is 5.55. The van der Waals surface area contributed by atoms with Crippen LogP contribution in [-0.2, 0) is 6.54 Å². The van der Waals surface area contributed by atoms with E-state index in [1.54, 1.807) is 18.3 Å². The fourth-order valence-corrected chi connectivity index (χ4v) is 2.50. The number of rotatable bonds is 7. The molecule has 5 heteroatoms. The summed E-state index contributed by atoms with van der Waals surface area (Å²) in [5.41, 5.74) is 2.33. The number of para-hydroxylation sites is 2. The van der Waals surface area contributed by atoms with E-state index in [0.717, 1.165) is 5.56 Å². The fraction of sp³-hybridized carbons (Fsp3) is 0.143. The number of ether oxygens (including phenoxy) is 1. The second-order valence-corrected chi connectivity index (χ2v) is 5.65. The van der Waals surface area contributed by atoms with Crippen LogP contribution in [0.1, 0.15) is 22.8 Å². The second kappa shape index (κ2) is 8.67. The third-order valence-electron chi connectivity index (χ3n) is 3.77. The van der Waals surface area contributed by atoms with Crippen molar-refractivity contribution in [3.8, 4) is 5.75 Å². The number of hydrogen-bond donors (Lipinski definition) is 2.